The Labute approximate surface area is 79.7 Å². The molecule has 0 aromatic heterocycles. The first-order valence-electron chi connectivity index (χ1n) is 5.28. The Morgan fingerprint density at radius 2 is 1.92 bits per heavy atom. The van der Waals surface area contributed by atoms with Crippen LogP contribution in [0, 0.1) is 0 Å². The van der Waals surface area contributed by atoms with E-state index in [4.69, 9.17) is 0 Å². The van der Waals surface area contributed by atoms with E-state index in [0.717, 1.165) is 39.0 Å². The van der Waals surface area contributed by atoms with Crippen LogP contribution in [-0.4, -0.2) is 55.2 Å². The van der Waals surface area contributed by atoms with Gasteiger partial charge in [0.25, 0.3) is 0 Å². The number of hydrogen-bond acceptors (Lipinski definition) is 2. The molecule has 1 heterocycles. The molecule has 1 saturated heterocycles. The van der Waals surface area contributed by atoms with Crippen molar-refractivity contribution < 1.29 is 4.39 Å². The summed E-state index contributed by atoms with van der Waals surface area (Å²) in [5.74, 6) is 0. The predicted octanol–water partition coefficient (Wildman–Crippen LogP) is 1.13. The molecular formula is C10H19FN2. The maximum absolute atomic E-state index is 13.5. The highest BCUT2D eigenvalue weighted by Gasteiger charge is 2.44. The molecule has 2 rings (SSSR count). The summed E-state index contributed by atoms with van der Waals surface area (Å²) in [6, 6.07) is 0. The van der Waals surface area contributed by atoms with Crippen LogP contribution in [0.5, 0.6) is 0 Å². The Morgan fingerprint density at radius 3 is 2.62 bits per heavy atom. The van der Waals surface area contributed by atoms with Crippen LogP contribution in [0.15, 0.2) is 0 Å². The van der Waals surface area contributed by atoms with Crippen molar-refractivity contribution >= 4 is 0 Å². The van der Waals surface area contributed by atoms with Crippen molar-refractivity contribution in [2.45, 2.75) is 24.9 Å². The molecule has 0 bridgehead atoms. The summed E-state index contributed by atoms with van der Waals surface area (Å²) in [5, 5.41) is 0. The van der Waals surface area contributed by atoms with E-state index in [0.29, 0.717) is 6.54 Å². The van der Waals surface area contributed by atoms with Gasteiger partial charge in [0, 0.05) is 19.6 Å². The van der Waals surface area contributed by atoms with Crippen LogP contribution < -0.4 is 0 Å². The molecule has 2 nitrogen and oxygen atoms in total. The number of alkyl halides is 1. The minimum Gasteiger partial charge on any atom is -0.305 e. The zero-order valence-electron chi connectivity index (χ0n) is 8.43. The molecule has 13 heavy (non-hydrogen) atoms. The van der Waals surface area contributed by atoms with Gasteiger partial charge in [-0.2, -0.15) is 0 Å². The van der Waals surface area contributed by atoms with Crippen LogP contribution >= 0.6 is 0 Å². The quantitative estimate of drug-likeness (QED) is 0.638. The Kier molecular flexibility index (Phi) is 2.56. The third kappa shape index (κ3) is 2.64. The van der Waals surface area contributed by atoms with Crippen LogP contribution in [0.2, 0.25) is 0 Å². The first-order chi connectivity index (χ1) is 6.18. The molecule has 3 heteroatoms. The van der Waals surface area contributed by atoms with Gasteiger partial charge in [0.2, 0.25) is 0 Å². The van der Waals surface area contributed by atoms with Gasteiger partial charge < -0.3 is 4.90 Å². The second kappa shape index (κ2) is 3.54. The molecule has 2 fully saturated rings. The molecule has 2 aliphatic rings. The lowest BCUT2D eigenvalue weighted by Crippen LogP contribution is -2.34. The molecule has 0 atom stereocenters. The van der Waals surface area contributed by atoms with Crippen LogP contribution in [0.1, 0.15) is 19.3 Å². The van der Waals surface area contributed by atoms with E-state index in [1.165, 1.54) is 6.42 Å². The van der Waals surface area contributed by atoms with Gasteiger partial charge in [-0.05, 0) is 39.4 Å². The lowest BCUT2D eigenvalue weighted by atomic mass is 10.3. The second-order valence-corrected chi connectivity index (χ2v) is 4.58. The summed E-state index contributed by atoms with van der Waals surface area (Å²) in [7, 11) is 2.14. The fourth-order valence-electron chi connectivity index (χ4n) is 1.95. The molecule has 0 radical (unpaired) electrons. The lowest BCUT2D eigenvalue weighted by molar-refractivity contribution is 0.179. The largest absolute Gasteiger partial charge is 0.305 e. The summed E-state index contributed by atoms with van der Waals surface area (Å²) in [6.45, 7) is 5.06. The minimum absolute atomic E-state index is 0.681. The Hall–Kier alpha value is -0.150. The zero-order valence-corrected chi connectivity index (χ0v) is 8.43. The van der Waals surface area contributed by atoms with Crippen LogP contribution in [0.25, 0.3) is 0 Å². The molecule has 76 valence electrons. The van der Waals surface area contributed by atoms with E-state index in [1.54, 1.807) is 0 Å². The molecule has 0 spiro atoms. The van der Waals surface area contributed by atoms with Crippen molar-refractivity contribution in [1.82, 2.24) is 9.80 Å². The molecule has 0 amide bonds. The number of halogens is 1. The predicted molar refractivity (Wildman–Crippen MR) is 51.6 cm³/mol. The molecule has 1 aliphatic carbocycles. The fraction of sp³-hybridized carbons (Fsp3) is 1.00. The smallest absolute Gasteiger partial charge is 0.123 e. The van der Waals surface area contributed by atoms with Gasteiger partial charge in [-0.3, -0.25) is 4.90 Å². The van der Waals surface area contributed by atoms with E-state index >= 15 is 0 Å². The number of likely N-dealkylation sites (N-methyl/N-ethyl adjacent to an activating group) is 1. The highest BCUT2D eigenvalue weighted by Crippen LogP contribution is 2.40. The minimum atomic E-state index is -0.803. The maximum Gasteiger partial charge on any atom is 0.123 e. The first kappa shape index (κ1) is 9.41. The topological polar surface area (TPSA) is 6.48 Å². The summed E-state index contributed by atoms with van der Waals surface area (Å²) < 4.78 is 13.5. The number of hydrogen-bond donors (Lipinski definition) is 0. The van der Waals surface area contributed by atoms with Crippen molar-refractivity contribution in [3.63, 3.8) is 0 Å². The van der Waals surface area contributed by atoms with Gasteiger partial charge in [-0.25, -0.2) is 4.39 Å². The molecule has 0 aromatic rings. The van der Waals surface area contributed by atoms with Gasteiger partial charge in [-0.15, -0.1) is 0 Å². The maximum atomic E-state index is 13.5. The van der Waals surface area contributed by atoms with Gasteiger partial charge in [0.15, 0.2) is 0 Å². The Bertz CT molecular complexity index is 180. The fourth-order valence-corrected chi connectivity index (χ4v) is 1.95. The zero-order chi connectivity index (χ0) is 9.31. The van der Waals surface area contributed by atoms with Gasteiger partial charge in [0.05, 0.1) is 0 Å². The van der Waals surface area contributed by atoms with Crippen LogP contribution in [0.3, 0.4) is 0 Å². The first-order valence-corrected chi connectivity index (χ1v) is 5.28. The molecule has 0 aromatic carbocycles. The third-order valence-corrected chi connectivity index (χ3v) is 3.11. The monoisotopic (exact) mass is 186 g/mol. The van der Waals surface area contributed by atoms with Crippen molar-refractivity contribution in [3.8, 4) is 0 Å². The van der Waals surface area contributed by atoms with E-state index in [2.05, 4.69) is 16.8 Å². The highest BCUT2D eigenvalue weighted by molar-refractivity contribution is 4.96. The van der Waals surface area contributed by atoms with Gasteiger partial charge >= 0.3 is 0 Å². The van der Waals surface area contributed by atoms with Crippen molar-refractivity contribution in [3.05, 3.63) is 0 Å². The molecule has 1 saturated carbocycles. The Balaban J connectivity index is 1.78. The Morgan fingerprint density at radius 1 is 1.15 bits per heavy atom. The average molecular weight is 186 g/mol. The lowest BCUT2D eigenvalue weighted by Gasteiger charge is -2.21. The molecular weight excluding hydrogens is 167 g/mol. The van der Waals surface area contributed by atoms with Crippen LogP contribution in [0.4, 0.5) is 4.39 Å². The number of rotatable bonds is 2. The van der Waals surface area contributed by atoms with E-state index in [-0.39, 0.29) is 0 Å². The second-order valence-electron chi connectivity index (χ2n) is 4.58. The van der Waals surface area contributed by atoms with Gasteiger partial charge in [0.1, 0.15) is 5.67 Å². The molecule has 0 N–H and O–H groups in total. The normalized spacial score (nSPS) is 30.0. The van der Waals surface area contributed by atoms with E-state index in [1.807, 2.05) is 0 Å². The van der Waals surface area contributed by atoms with Crippen molar-refractivity contribution in [2.24, 2.45) is 0 Å². The SMILES string of the molecule is CN1CCCN(CC2(F)CC2)CC1. The number of nitrogens with zero attached hydrogens (tertiary/aromatic N) is 2. The van der Waals surface area contributed by atoms with E-state index < -0.39 is 5.67 Å². The summed E-state index contributed by atoms with van der Waals surface area (Å²) in [6.07, 6.45) is 2.77. The highest BCUT2D eigenvalue weighted by atomic mass is 19.1. The average Bonchev–Trinajstić information content (AvgIpc) is 2.81. The van der Waals surface area contributed by atoms with Crippen molar-refractivity contribution in [2.75, 3.05) is 39.8 Å². The van der Waals surface area contributed by atoms with E-state index in [9.17, 15) is 4.39 Å². The van der Waals surface area contributed by atoms with Crippen molar-refractivity contribution in [1.29, 1.82) is 0 Å². The molecule has 1 aliphatic heterocycles. The van der Waals surface area contributed by atoms with Gasteiger partial charge in [-0.1, -0.05) is 0 Å². The summed E-state index contributed by atoms with van der Waals surface area (Å²) in [5.41, 5.74) is -0.803. The van der Waals surface area contributed by atoms with Crippen LogP contribution in [-0.2, 0) is 0 Å². The third-order valence-electron chi connectivity index (χ3n) is 3.11. The molecule has 0 unspecified atom stereocenters. The summed E-state index contributed by atoms with van der Waals surface area (Å²) in [4.78, 5) is 4.62. The summed E-state index contributed by atoms with van der Waals surface area (Å²) >= 11 is 0. The standard InChI is InChI=1S/C10H19FN2/c1-12-5-2-6-13(8-7-12)9-10(11)3-4-10/h2-9H2,1H3.